The number of phenols is 1. The van der Waals surface area contributed by atoms with Crippen LogP contribution in [0.15, 0.2) is 35.2 Å². The summed E-state index contributed by atoms with van der Waals surface area (Å²) in [6, 6.07) is 8.07. The van der Waals surface area contributed by atoms with Gasteiger partial charge in [0.25, 0.3) is 5.91 Å². The highest BCUT2D eigenvalue weighted by atomic mass is 35.5. The average molecular weight is 442 g/mol. The maximum atomic E-state index is 12.9. The smallest absolute Gasteiger partial charge is 0.270 e. The molecule has 140 valence electrons. The van der Waals surface area contributed by atoms with Gasteiger partial charge in [0.05, 0.1) is 34.9 Å². The zero-order valence-corrected chi connectivity index (χ0v) is 17.3. The lowest BCUT2D eigenvalue weighted by Gasteiger charge is -2.15. The van der Waals surface area contributed by atoms with E-state index in [1.54, 1.807) is 36.4 Å². The highest BCUT2D eigenvalue weighted by Crippen LogP contribution is 2.41. The summed E-state index contributed by atoms with van der Waals surface area (Å²) in [6.07, 6.45) is 1.65. The molecule has 2 aromatic rings. The van der Waals surface area contributed by atoms with E-state index in [1.165, 1.54) is 19.1 Å². The zero-order valence-electron chi connectivity index (χ0n) is 14.2. The van der Waals surface area contributed by atoms with Crippen LogP contribution in [0.2, 0.25) is 10.0 Å². The van der Waals surface area contributed by atoms with E-state index in [1.807, 2.05) is 0 Å². The Kier molecular flexibility index (Phi) is 5.86. The van der Waals surface area contributed by atoms with Gasteiger partial charge in [0.2, 0.25) is 5.75 Å². The summed E-state index contributed by atoms with van der Waals surface area (Å²) >= 11 is 18.5. The SMILES string of the molecule is COc1cc(C=C2SC(=S)N(c3ccc(Cl)c(Cl)c3)C2=O)cc(OC)c1O. The number of aromatic hydroxyl groups is 1. The number of carbonyl (C=O) groups is 1. The van der Waals surface area contributed by atoms with Gasteiger partial charge in [-0.3, -0.25) is 9.69 Å². The highest BCUT2D eigenvalue weighted by Gasteiger charge is 2.33. The van der Waals surface area contributed by atoms with E-state index in [0.29, 0.717) is 30.5 Å². The Labute approximate surface area is 175 Å². The largest absolute Gasteiger partial charge is 0.502 e. The zero-order chi connectivity index (χ0) is 19.7. The van der Waals surface area contributed by atoms with Crippen molar-refractivity contribution in [3.8, 4) is 17.2 Å². The third-order valence-corrected chi connectivity index (χ3v) is 5.80. The molecule has 0 saturated carbocycles. The second-order valence-corrected chi connectivity index (χ2v) is 7.88. The van der Waals surface area contributed by atoms with Gasteiger partial charge in [0.15, 0.2) is 15.8 Å². The van der Waals surface area contributed by atoms with Crippen LogP contribution < -0.4 is 14.4 Å². The van der Waals surface area contributed by atoms with E-state index < -0.39 is 0 Å². The summed E-state index contributed by atoms with van der Waals surface area (Å²) in [6.45, 7) is 0. The fraction of sp³-hybridized carbons (Fsp3) is 0.111. The van der Waals surface area contributed by atoms with Gasteiger partial charge in [-0.1, -0.05) is 47.2 Å². The van der Waals surface area contributed by atoms with Crippen molar-refractivity contribution >= 4 is 69.2 Å². The van der Waals surface area contributed by atoms with Crippen LogP contribution >= 0.6 is 47.2 Å². The molecular weight excluding hydrogens is 429 g/mol. The first-order valence-corrected chi connectivity index (χ1v) is 9.51. The molecule has 1 fully saturated rings. The summed E-state index contributed by atoms with van der Waals surface area (Å²) in [5.74, 6) is 0.0797. The molecule has 3 rings (SSSR count). The predicted molar refractivity (Wildman–Crippen MR) is 113 cm³/mol. The minimum absolute atomic E-state index is 0.111. The van der Waals surface area contributed by atoms with Crippen LogP contribution in [0.1, 0.15) is 5.56 Å². The maximum absolute atomic E-state index is 12.9. The molecule has 0 atom stereocenters. The van der Waals surface area contributed by atoms with Crippen molar-refractivity contribution < 1.29 is 19.4 Å². The van der Waals surface area contributed by atoms with E-state index in [2.05, 4.69) is 0 Å². The van der Waals surface area contributed by atoms with Crippen molar-refractivity contribution in [3.63, 3.8) is 0 Å². The lowest BCUT2D eigenvalue weighted by atomic mass is 10.1. The Morgan fingerprint density at radius 1 is 1.11 bits per heavy atom. The quantitative estimate of drug-likeness (QED) is 0.524. The Balaban J connectivity index is 1.98. The van der Waals surface area contributed by atoms with Crippen LogP contribution in [-0.2, 0) is 4.79 Å². The third kappa shape index (κ3) is 3.87. The van der Waals surface area contributed by atoms with Gasteiger partial charge in [-0.05, 0) is 42.0 Å². The number of hydrogen-bond acceptors (Lipinski definition) is 6. The first-order valence-electron chi connectivity index (χ1n) is 7.53. The number of halogens is 2. The number of ether oxygens (including phenoxy) is 2. The number of nitrogens with zero attached hydrogens (tertiary/aromatic N) is 1. The summed E-state index contributed by atoms with van der Waals surface area (Å²) < 4.78 is 10.7. The van der Waals surface area contributed by atoms with Crippen LogP contribution in [0.25, 0.3) is 6.08 Å². The molecule has 1 aliphatic heterocycles. The number of carbonyl (C=O) groups excluding carboxylic acids is 1. The molecule has 2 aromatic carbocycles. The predicted octanol–water partition coefficient (Wildman–Crippen LogP) is 5.12. The van der Waals surface area contributed by atoms with E-state index >= 15 is 0 Å². The van der Waals surface area contributed by atoms with Crippen LogP contribution in [0.5, 0.6) is 17.2 Å². The van der Waals surface area contributed by atoms with Gasteiger partial charge in [-0.25, -0.2) is 0 Å². The standard InChI is InChI=1S/C18H13Cl2NO4S2/c1-24-13-5-9(6-14(25-2)16(13)22)7-15-17(23)21(18(26)27-15)10-3-4-11(19)12(20)8-10/h3-8,22H,1-2H3. The molecule has 1 N–H and O–H groups in total. The molecule has 0 bridgehead atoms. The van der Waals surface area contributed by atoms with Gasteiger partial charge in [-0.2, -0.15) is 0 Å². The fourth-order valence-electron chi connectivity index (χ4n) is 2.46. The average Bonchev–Trinajstić information content (AvgIpc) is 2.92. The molecule has 1 amide bonds. The summed E-state index contributed by atoms with van der Waals surface area (Å²) in [5.41, 5.74) is 1.16. The summed E-state index contributed by atoms with van der Waals surface area (Å²) in [5, 5.41) is 10.7. The minimum Gasteiger partial charge on any atom is -0.502 e. The number of anilines is 1. The van der Waals surface area contributed by atoms with E-state index in [0.717, 1.165) is 11.8 Å². The Morgan fingerprint density at radius 3 is 2.30 bits per heavy atom. The number of methoxy groups -OCH3 is 2. The van der Waals surface area contributed by atoms with Crippen molar-refractivity contribution in [2.45, 2.75) is 0 Å². The third-order valence-electron chi connectivity index (χ3n) is 3.75. The normalized spacial score (nSPS) is 15.6. The molecule has 0 unspecified atom stereocenters. The Bertz CT molecular complexity index is 953. The monoisotopic (exact) mass is 441 g/mol. The number of rotatable bonds is 4. The molecule has 1 saturated heterocycles. The molecule has 1 heterocycles. The van der Waals surface area contributed by atoms with Gasteiger partial charge in [0.1, 0.15) is 0 Å². The number of phenolic OH excluding ortho intramolecular Hbond substituents is 1. The number of thioether (sulfide) groups is 1. The minimum atomic E-state index is -0.283. The lowest BCUT2D eigenvalue weighted by molar-refractivity contribution is -0.113. The number of benzene rings is 2. The molecule has 5 nitrogen and oxygen atoms in total. The summed E-state index contributed by atoms with van der Waals surface area (Å²) in [4.78, 5) is 14.7. The maximum Gasteiger partial charge on any atom is 0.270 e. The van der Waals surface area contributed by atoms with Crippen molar-refractivity contribution in [2.75, 3.05) is 19.1 Å². The van der Waals surface area contributed by atoms with Gasteiger partial charge >= 0.3 is 0 Å². The Hall–Kier alpha value is -1.93. The molecule has 27 heavy (non-hydrogen) atoms. The van der Waals surface area contributed by atoms with E-state index in [9.17, 15) is 9.90 Å². The van der Waals surface area contributed by atoms with Gasteiger partial charge < -0.3 is 14.6 Å². The molecule has 0 radical (unpaired) electrons. The van der Waals surface area contributed by atoms with Gasteiger partial charge in [-0.15, -0.1) is 0 Å². The number of amides is 1. The van der Waals surface area contributed by atoms with Crippen molar-refractivity contribution in [1.82, 2.24) is 0 Å². The lowest BCUT2D eigenvalue weighted by Crippen LogP contribution is -2.27. The number of hydrogen-bond donors (Lipinski definition) is 1. The molecular formula is C18H13Cl2NO4S2. The Morgan fingerprint density at radius 2 is 1.74 bits per heavy atom. The molecule has 0 aromatic heterocycles. The first-order chi connectivity index (χ1) is 12.8. The van der Waals surface area contributed by atoms with E-state index in [4.69, 9.17) is 44.9 Å². The number of thiocarbonyl (C=S) groups is 1. The second-order valence-electron chi connectivity index (χ2n) is 5.39. The first kappa shape index (κ1) is 19.8. The topological polar surface area (TPSA) is 59.0 Å². The fourth-order valence-corrected chi connectivity index (χ4v) is 4.05. The van der Waals surface area contributed by atoms with Crippen LogP contribution in [0.3, 0.4) is 0 Å². The van der Waals surface area contributed by atoms with Crippen molar-refractivity contribution in [2.24, 2.45) is 0 Å². The van der Waals surface area contributed by atoms with Crippen LogP contribution in [0.4, 0.5) is 5.69 Å². The van der Waals surface area contributed by atoms with Crippen LogP contribution in [0, 0.1) is 0 Å². The van der Waals surface area contributed by atoms with Crippen molar-refractivity contribution in [1.29, 1.82) is 0 Å². The summed E-state index contributed by atoms with van der Waals surface area (Å²) in [7, 11) is 2.87. The highest BCUT2D eigenvalue weighted by molar-refractivity contribution is 8.27. The molecule has 0 spiro atoms. The molecule has 0 aliphatic carbocycles. The van der Waals surface area contributed by atoms with Crippen LogP contribution in [-0.4, -0.2) is 29.6 Å². The van der Waals surface area contributed by atoms with Gasteiger partial charge in [0, 0.05) is 0 Å². The second kappa shape index (κ2) is 7.98. The molecule has 9 heteroatoms. The molecule has 1 aliphatic rings. The van der Waals surface area contributed by atoms with E-state index in [-0.39, 0.29) is 23.2 Å². The van der Waals surface area contributed by atoms with Crippen molar-refractivity contribution in [3.05, 3.63) is 50.8 Å².